The van der Waals surface area contributed by atoms with E-state index in [2.05, 4.69) is 40.7 Å². The monoisotopic (exact) mass is 220 g/mol. The van der Waals surface area contributed by atoms with E-state index in [1.54, 1.807) is 0 Å². The summed E-state index contributed by atoms with van der Waals surface area (Å²) in [6.07, 6.45) is 3.63. The Hall–Kier alpha value is -1.28. The van der Waals surface area contributed by atoms with Gasteiger partial charge in [-0.1, -0.05) is 24.3 Å². The highest BCUT2D eigenvalue weighted by Crippen LogP contribution is 2.11. The number of imidazole rings is 1. The average molecular weight is 221 g/mol. The van der Waals surface area contributed by atoms with Crippen molar-refractivity contribution in [2.75, 3.05) is 0 Å². The topological polar surface area (TPSA) is 17.8 Å². The Kier molecular flexibility index (Phi) is 3.07. The van der Waals surface area contributed by atoms with Crippen LogP contribution in [0.3, 0.4) is 0 Å². The van der Waals surface area contributed by atoms with Crippen molar-refractivity contribution in [3.63, 3.8) is 0 Å². The van der Waals surface area contributed by atoms with Gasteiger partial charge in [0.05, 0.1) is 17.9 Å². The molecule has 0 radical (unpaired) electrons. The molecule has 1 heterocycles. The molecule has 15 heavy (non-hydrogen) atoms. The van der Waals surface area contributed by atoms with Crippen molar-refractivity contribution < 1.29 is 0 Å². The predicted octanol–water partition coefficient (Wildman–Crippen LogP) is 2.98. The van der Waals surface area contributed by atoms with Gasteiger partial charge >= 0.3 is 0 Å². The summed E-state index contributed by atoms with van der Waals surface area (Å²) in [4.78, 5) is 4.10. The van der Waals surface area contributed by atoms with E-state index in [1.165, 1.54) is 11.1 Å². The van der Waals surface area contributed by atoms with Gasteiger partial charge in [0.2, 0.25) is 0 Å². The molecule has 1 aromatic heterocycles. The van der Waals surface area contributed by atoms with E-state index in [9.17, 15) is 0 Å². The minimum absolute atomic E-state index is 0.506. The lowest BCUT2D eigenvalue weighted by Gasteiger charge is -2.08. The summed E-state index contributed by atoms with van der Waals surface area (Å²) in [5, 5.41) is 0. The number of hydrogen-bond donors (Lipinski definition) is 0. The molecule has 2 nitrogen and oxygen atoms in total. The summed E-state index contributed by atoms with van der Waals surface area (Å²) in [6.45, 7) is 2.96. The lowest BCUT2D eigenvalue weighted by molar-refractivity contribution is 0.761. The summed E-state index contributed by atoms with van der Waals surface area (Å²) < 4.78 is 2.08. The Morgan fingerprint density at radius 2 is 2.13 bits per heavy atom. The third kappa shape index (κ3) is 2.21. The van der Waals surface area contributed by atoms with Crippen molar-refractivity contribution in [2.24, 2.45) is 0 Å². The molecule has 0 aliphatic heterocycles. The number of alkyl halides is 1. The number of rotatable bonds is 3. The van der Waals surface area contributed by atoms with Crippen molar-refractivity contribution in [2.45, 2.75) is 19.3 Å². The molecule has 0 bridgehead atoms. The molecule has 2 aromatic rings. The second kappa shape index (κ2) is 4.49. The maximum absolute atomic E-state index is 5.82. The van der Waals surface area contributed by atoms with Gasteiger partial charge in [0, 0.05) is 12.7 Å². The van der Waals surface area contributed by atoms with Crippen molar-refractivity contribution in [1.29, 1.82) is 0 Å². The van der Waals surface area contributed by atoms with Gasteiger partial charge in [0.15, 0.2) is 0 Å². The second-order valence-electron chi connectivity index (χ2n) is 3.57. The average Bonchev–Trinajstić information content (AvgIpc) is 2.69. The largest absolute Gasteiger partial charge is 0.329 e. The van der Waals surface area contributed by atoms with E-state index in [1.807, 2.05) is 12.5 Å². The van der Waals surface area contributed by atoms with Gasteiger partial charge in [-0.3, -0.25) is 0 Å². The quantitative estimate of drug-likeness (QED) is 0.728. The van der Waals surface area contributed by atoms with E-state index < -0.39 is 0 Å². The molecule has 1 aromatic carbocycles. The first-order chi connectivity index (χ1) is 7.31. The maximum Gasteiger partial charge on any atom is 0.0951 e. The highest BCUT2D eigenvalue weighted by Gasteiger charge is 2.02. The highest BCUT2D eigenvalue weighted by molar-refractivity contribution is 6.16. The van der Waals surface area contributed by atoms with Gasteiger partial charge in [0.25, 0.3) is 0 Å². The Balaban J connectivity index is 2.26. The molecule has 0 aliphatic carbocycles. The van der Waals surface area contributed by atoms with Crippen LogP contribution < -0.4 is 0 Å². The molecule has 78 valence electrons. The summed E-state index contributed by atoms with van der Waals surface area (Å²) in [6, 6.07) is 8.36. The normalized spacial score (nSPS) is 10.5. The van der Waals surface area contributed by atoms with Crippen LogP contribution in [0.5, 0.6) is 0 Å². The van der Waals surface area contributed by atoms with E-state index in [0.29, 0.717) is 5.88 Å². The van der Waals surface area contributed by atoms with E-state index in [4.69, 9.17) is 11.6 Å². The molecule has 3 heteroatoms. The molecule has 0 unspecified atom stereocenters. The molecule has 0 saturated carbocycles. The van der Waals surface area contributed by atoms with Crippen LogP contribution in [-0.4, -0.2) is 9.55 Å². The molecule has 2 rings (SSSR count). The Labute approximate surface area is 94.5 Å². The van der Waals surface area contributed by atoms with Crippen LogP contribution in [0.25, 0.3) is 0 Å². The molecular weight excluding hydrogens is 208 g/mol. The summed E-state index contributed by atoms with van der Waals surface area (Å²) >= 11 is 5.82. The summed E-state index contributed by atoms with van der Waals surface area (Å²) in [5.74, 6) is 0.506. The zero-order chi connectivity index (χ0) is 10.7. The number of hydrogen-bond acceptors (Lipinski definition) is 1. The molecule has 0 spiro atoms. The first-order valence-corrected chi connectivity index (χ1v) is 5.44. The Morgan fingerprint density at radius 1 is 1.33 bits per heavy atom. The smallest absolute Gasteiger partial charge is 0.0951 e. The van der Waals surface area contributed by atoms with E-state index >= 15 is 0 Å². The molecule has 0 N–H and O–H groups in total. The van der Waals surface area contributed by atoms with Gasteiger partial charge in [-0.15, -0.1) is 11.6 Å². The maximum atomic E-state index is 5.82. The Bertz CT molecular complexity index is 448. The third-order valence-corrected chi connectivity index (χ3v) is 2.81. The van der Waals surface area contributed by atoms with Crippen LogP contribution in [0.4, 0.5) is 0 Å². The molecular formula is C12H13ClN2. The minimum atomic E-state index is 0.506. The molecule has 0 fully saturated rings. The van der Waals surface area contributed by atoms with Crippen LogP contribution in [-0.2, 0) is 12.4 Å². The molecule has 0 atom stereocenters. The second-order valence-corrected chi connectivity index (χ2v) is 3.84. The van der Waals surface area contributed by atoms with Crippen LogP contribution >= 0.6 is 11.6 Å². The SMILES string of the molecule is Cc1ccccc1Cn1cncc1CCl. The van der Waals surface area contributed by atoms with Crippen LogP contribution in [0.2, 0.25) is 0 Å². The van der Waals surface area contributed by atoms with Crippen molar-refractivity contribution >= 4 is 11.6 Å². The van der Waals surface area contributed by atoms with E-state index in [-0.39, 0.29) is 0 Å². The van der Waals surface area contributed by atoms with Gasteiger partial charge in [-0.2, -0.15) is 0 Å². The fourth-order valence-electron chi connectivity index (χ4n) is 1.57. The fourth-order valence-corrected chi connectivity index (χ4v) is 1.80. The molecule has 0 aliphatic rings. The summed E-state index contributed by atoms with van der Waals surface area (Å²) in [5.41, 5.74) is 3.66. The van der Waals surface area contributed by atoms with Crippen molar-refractivity contribution in [3.8, 4) is 0 Å². The first-order valence-electron chi connectivity index (χ1n) is 4.90. The van der Waals surface area contributed by atoms with Gasteiger partial charge < -0.3 is 4.57 Å². The van der Waals surface area contributed by atoms with Crippen molar-refractivity contribution in [3.05, 3.63) is 53.6 Å². The number of halogens is 1. The summed E-state index contributed by atoms with van der Waals surface area (Å²) in [7, 11) is 0. The van der Waals surface area contributed by atoms with Crippen LogP contribution in [0.15, 0.2) is 36.8 Å². The first kappa shape index (κ1) is 10.2. The van der Waals surface area contributed by atoms with Crippen LogP contribution in [0, 0.1) is 6.92 Å². The number of aromatic nitrogens is 2. The fraction of sp³-hybridized carbons (Fsp3) is 0.250. The highest BCUT2D eigenvalue weighted by atomic mass is 35.5. The van der Waals surface area contributed by atoms with Gasteiger partial charge in [-0.25, -0.2) is 4.98 Å². The Morgan fingerprint density at radius 3 is 2.87 bits per heavy atom. The number of benzene rings is 1. The zero-order valence-corrected chi connectivity index (χ0v) is 9.41. The standard InChI is InChI=1S/C12H13ClN2/c1-10-4-2-3-5-11(10)8-15-9-14-7-12(15)6-13/h2-5,7,9H,6,8H2,1H3. The number of aryl methyl sites for hydroxylation is 1. The molecule has 0 amide bonds. The van der Waals surface area contributed by atoms with Crippen LogP contribution in [0.1, 0.15) is 16.8 Å². The lowest BCUT2D eigenvalue weighted by atomic mass is 10.1. The predicted molar refractivity (Wildman–Crippen MR) is 62.1 cm³/mol. The minimum Gasteiger partial charge on any atom is -0.329 e. The lowest BCUT2D eigenvalue weighted by Crippen LogP contribution is -2.03. The van der Waals surface area contributed by atoms with Crippen molar-refractivity contribution in [1.82, 2.24) is 9.55 Å². The van der Waals surface area contributed by atoms with Gasteiger partial charge in [-0.05, 0) is 18.1 Å². The number of nitrogens with zero attached hydrogens (tertiary/aromatic N) is 2. The van der Waals surface area contributed by atoms with Gasteiger partial charge in [0.1, 0.15) is 0 Å². The zero-order valence-electron chi connectivity index (χ0n) is 8.65. The van der Waals surface area contributed by atoms with E-state index in [0.717, 1.165) is 12.2 Å². The third-order valence-electron chi connectivity index (χ3n) is 2.54. The molecule has 0 saturated heterocycles.